The molecule has 2 N–H and O–H groups in total. The van der Waals surface area contributed by atoms with Gasteiger partial charge in [-0.2, -0.15) is 0 Å². The van der Waals surface area contributed by atoms with Crippen LogP contribution in [0, 0.1) is 4.77 Å². The van der Waals surface area contributed by atoms with Crippen LogP contribution < -0.4 is 0 Å². The fourth-order valence-corrected chi connectivity index (χ4v) is 1.36. The third-order valence-corrected chi connectivity index (χ3v) is 1.90. The van der Waals surface area contributed by atoms with Gasteiger partial charge in [-0.15, -0.1) is 0 Å². The molecular weight excluding hydrogens is 188 g/mol. The van der Waals surface area contributed by atoms with E-state index in [1.807, 2.05) is 6.92 Å². The minimum absolute atomic E-state index is 0.379. The molecule has 4 nitrogen and oxygen atoms in total. The van der Waals surface area contributed by atoms with Crippen LogP contribution in [0.3, 0.4) is 0 Å². The van der Waals surface area contributed by atoms with E-state index in [-0.39, 0.29) is 5.97 Å². The average Bonchev–Trinajstić information content (AvgIpc) is 2.46. The third kappa shape index (κ3) is 2.18. The summed E-state index contributed by atoms with van der Waals surface area (Å²) in [7, 11) is 1.35. The average molecular weight is 200 g/mol. The lowest BCUT2D eigenvalue weighted by molar-refractivity contribution is 0.0593. The molecule has 0 aromatic carbocycles. The summed E-state index contributed by atoms with van der Waals surface area (Å²) in [5.41, 5.74) is 1.26. The zero-order valence-electron chi connectivity index (χ0n) is 7.64. The molecule has 72 valence electrons. The molecule has 1 rings (SSSR count). The quantitative estimate of drug-likeness (QED) is 0.578. The van der Waals surface area contributed by atoms with Crippen LogP contribution in [0.5, 0.6) is 0 Å². The second kappa shape index (κ2) is 4.23. The molecule has 0 aliphatic carbocycles. The Morgan fingerprint density at radius 3 is 2.77 bits per heavy atom. The number of carbonyl (C=O) groups is 1. The maximum absolute atomic E-state index is 11.2. The Labute approximate surface area is 81.3 Å². The van der Waals surface area contributed by atoms with Crippen LogP contribution in [0.1, 0.15) is 29.5 Å². The lowest BCUT2D eigenvalue weighted by Gasteiger charge is -1.98. The van der Waals surface area contributed by atoms with Crippen molar-refractivity contribution in [3.63, 3.8) is 0 Å². The van der Waals surface area contributed by atoms with E-state index in [1.165, 1.54) is 7.11 Å². The molecular formula is C8H12N2O2S. The number of aromatic amines is 2. The number of methoxy groups -OCH3 is 1. The zero-order valence-corrected chi connectivity index (χ0v) is 8.46. The first kappa shape index (κ1) is 9.98. The Hall–Kier alpha value is -1.10. The Bertz CT molecular complexity index is 353. The Morgan fingerprint density at radius 2 is 2.23 bits per heavy atom. The number of carbonyl (C=O) groups excluding carboxylic acids is 1. The molecule has 5 heteroatoms. The molecule has 0 saturated carbocycles. The molecule has 13 heavy (non-hydrogen) atoms. The van der Waals surface area contributed by atoms with Crippen LogP contribution in [0.4, 0.5) is 0 Å². The number of rotatable bonds is 3. The van der Waals surface area contributed by atoms with Crippen LogP contribution in [0.2, 0.25) is 0 Å². The van der Waals surface area contributed by atoms with E-state index < -0.39 is 0 Å². The molecule has 0 atom stereocenters. The second-order valence-corrected chi connectivity index (χ2v) is 3.08. The van der Waals surface area contributed by atoms with E-state index in [9.17, 15) is 4.79 Å². The van der Waals surface area contributed by atoms with Crippen molar-refractivity contribution in [3.8, 4) is 0 Å². The van der Waals surface area contributed by atoms with E-state index >= 15 is 0 Å². The number of hydrogen-bond donors (Lipinski definition) is 2. The molecule has 0 aliphatic heterocycles. The number of H-pyrrole nitrogens is 2. The Kier molecular flexibility index (Phi) is 3.25. The first-order valence-electron chi connectivity index (χ1n) is 4.08. The molecule has 0 fully saturated rings. The highest BCUT2D eigenvalue weighted by molar-refractivity contribution is 7.71. The summed E-state index contributed by atoms with van der Waals surface area (Å²) in [5.74, 6) is -0.379. The second-order valence-electron chi connectivity index (χ2n) is 2.67. The van der Waals surface area contributed by atoms with Crippen LogP contribution in [-0.2, 0) is 11.2 Å². The molecule has 0 radical (unpaired) electrons. The first-order valence-corrected chi connectivity index (χ1v) is 4.49. The van der Waals surface area contributed by atoms with Gasteiger partial charge in [0.25, 0.3) is 0 Å². The van der Waals surface area contributed by atoms with Crippen molar-refractivity contribution in [1.82, 2.24) is 9.97 Å². The molecule has 1 aromatic heterocycles. The van der Waals surface area contributed by atoms with Gasteiger partial charge in [0.15, 0.2) is 4.77 Å². The predicted molar refractivity (Wildman–Crippen MR) is 51.3 cm³/mol. The molecule has 0 unspecified atom stereocenters. The molecule has 0 saturated heterocycles. The highest BCUT2D eigenvalue weighted by Crippen LogP contribution is 2.07. The maximum atomic E-state index is 11.2. The van der Waals surface area contributed by atoms with Gasteiger partial charge in [-0.1, -0.05) is 13.3 Å². The summed E-state index contributed by atoms with van der Waals surface area (Å²) in [6, 6.07) is 0. The predicted octanol–water partition coefficient (Wildman–Crippen LogP) is 1.81. The summed E-state index contributed by atoms with van der Waals surface area (Å²) in [5, 5.41) is 0. The van der Waals surface area contributed by atoms with Gasteiger partial charge in [-0.3, -0.25) is 0 Å². The van der Waals surface area contributed by atoms with Crippen LogP contribution in [0.15, 0.2) is 0 Å². The van der Waals surface area contributed by atoms with Crippen molar-refractivity contribution in [2.45, 2.75) is 19.8 Å². The van der Waals surface area contributed by atoms with E-state index in [0.29, 0.717) is 10.5 Å². The van der Waals surface area contributed by atoms with Crippen molar-refractivity contribution in [3.05, 3.63) is 16.2 Å². The van der Waals surface area contributed by atoms with Crippen molar-refractivity contribution in [2.24, 2.45) is 0 Å². The zero-order chi connectivity index (χ0) is 9.84. The SMILES string of the molecule is CCCc1[nH]c(=S)[nH]c1C(=O)OC. The number of imidazole rings is 1. The summed E-state index contributed by atoms with van der Waals surface area (Å²) < 4.78 is 5.06. The summed E-state index contributed by atoms with van der Waals surface area (Å²) in [6.45, 7) is 2.03. The fraction of sp³-hybridized carbons (Fsp3) is 0.500. The number of aromatic nitrogens is 2. The van der Waals surface area contributed by atoms with Crippen molar-refractivity contribution in [1.29, 1.82) is 0 Å². The molecule has 1 aromatic rings. The number of aryl methyl sites for hydroxylation is 1. The minimum atomic E-state index is -0.379. The summed E-state index contributed by atoms with van der Waals surface area (Å²) >= 11 is 4.88. The Balaban J connectivity index is 3.04. The van der Waals surface area contributed by atoms with E-state index in [0.717, 1.165) is 18.5 Å². The first-order chi connectivity index (χ1) is 6.19. The highest BCUT2D eigenvalue weighted by Gasteiger charge is 2.13. The number of esters is 1. The van der Waals surface area contributed by atoms with Gasteiger partial charge in [0, 0.05) is 5.69 Å². The van der Waals surface area contributed by atoms with Crippen LogP contribution in [0.25, 0.3) is 0 Å². The lowest BCUT2D eigenvalue weighted by atomic mass is 10.2. The molecule has 0 aliphatic rings. The van der Waals surface area contributed by atoms with Gasteiger partial charge < -0.3 is 14.7 Å². The van der Waals surface area contributed by atoms with E-state index in [1.54, 1.807) is 0 Å². The van der Waals surface area contributed by atoms with Gasteiger partial charge in [-0.25, -0.2) is 4.79 Å². The lowest BCUT2D eigenvalue weighted by Crippen LogP contribution is -2.05. The number of nitrogens with one attached hydrogen (secondary N) is 2. The molecule has 0 bridgehead atoms. The largest absolute Gasteiger partial charge is 0.464 e. The monoisotopic (exact) mass is 200 g/mol. The van der Waals surface area contributed by atoms with Gasteiger partial charge in [-0.05, 0) is 18.6 Å². The highest BCUT2D eigenvalue weighted by atomic mass is 32.1. The van der Waals surface area contributed by atoms with Crippen LogP contribution in [-0.4, -0.2) is 23.0 Å². The summed E-state index contributed by atoms with van der Waals surface area (Å²) in [4.78, 5) is 16.9. The Morgan fingerprint density at radius 1 is 1.54 bits per heavy atom. The molecule has 1 heterocycles. The van der Waals surface area contributed by atoms with Crippen molar-refractivity contribution < 1.29 is 9.53 Å². The van der Waals surface area contributed by atoms with Gasteiger partial charge in [0.1, 0.15) is 5.69 Å². The van der Waals surface area contributed by atoms with Crippen molar-refractivity contribution in [2.75, 3.05) is 7.11 Å². The van der Waals surface area contributed by atoms with Crippen molar-refractivity contribution >= 4 is 18.2 Å². The minimum Gasteiger partial charge on any atom is -0.464 e. The van der Waals surface area contributed by atoms with Crippen LogP contribution >= 0.6 is 12.2 Å². The van der Waals surface area contributed by atoms with Gasteiger partial charge in [0.05, 0.1) is 7.11 Å². The van der Waals surface area contributed by atoms with Gasteiger partial charge >= 0.3 is 5.97 Å². The van der Waals surface area contributed by atoms with Gasteiger partial charge in [0.2, 0.25) is 0 Å². The number of hydrogen-bond acceptors (Lipinski definition) is 3. The third-order valence-electron chi connectivity index (χ3n) is 1.69. The fourth-order valence-electron chi connectivity index (χ4n) is 1.13. The smallest absolute Gasteiger partial charge is 0.356 e. The summed E-state index contributed by atoms with van der Waals surface area (Å²) in [6.07, 6.45) is 1.74. The van der Waals surface area contributed by atoms with E-state index in [2.05, 4.69) is 14.7 Å². The number of ether oxygens (including phenoxy) is 1. The van der Waals surface area contributed by atoms with E-state index in [4.69, 9.17) is 12.2 Å². The maximum Gasteiger partial charge on any atom is 0.356 e. The molecule has 0 spiro atoms. The topological polar surface area (TPSA) is 57.9 Å². The standard InChI is InChI=1S/C8H12N2O2S/c1-3-4-5-6(7(11)12-2)10-8(13)9-5/h3-4H2,1-2H3,(H2,9,10,13). The molecule has 0 amide bonds. The normalized spacial score (nSPS) is 10.0.